The minimum absolute atomic E-state index is 0.0184. The van der Waals surface area contributed by atoms with E-state index in [0.29, 0.717) is 30.7 Å². The zero-order valence-electron chi connectivity index (χ0n) is 10.5. The molecule has 0 fully saturated rings. The van der Waals surface area contributed by atoms with Crippen LogP contribution in [0.25, 0.3) is 0 Å². The average Bonchev–Trinajstić information content (AvgIpc) is 2.34. The van der Waals surface area contributed by atoms with Gasteiger partial charge in [0.25, 0.3) is 0 Å². The van der Waals surface area contributed by atoms with Crippen molar-refractivity contribution in [3.8, 4) is 0 Å². The van der Waals surface area contributed by atoms with Gasteiger partial charge in [0.1, 0.15) is 5.82 Å². The lowest BCUT2D eigenvalue weighted by atomic mass is 10.0. The van der Waals surface area contributed by atoms with Gasteiger partial charge in [-0.15, -0.1) is 0 Å². The molecule has 0 saturated carbocycles. The molecule has 5 heteroatoms. The second-order valence-corrected chi connectivity index (χ2v) is 4.96. The van der Waals surface area contributed by atoms with E-state index in [9.17, 15) is 4.39 Å². The van der Waals surface area contributed by atoms with Crippen LogP contribution < -0.4 is 5.73 Å². The molecule has 0 radical (unpaired) electrons. The van der Waals surface area contributed by atoms with E-state index in [1.807, 2.05) is 0 Å². The fourth-order valence-corrected chi connectivity index (χ4v) is 1.98. The maximum Gasteiger partial charge on any atom is 0.137 e. The predicted octanol–water partition coefficient (Wildman–Crippen LogP) is 2.51. The van der Waals surface area contributed by atoms with Crippen molar-refractivity contribution < 1.29 is 13.9 Å². The van der Waals surface area contributed by atoms with Crippen molar-refractivity contribution in [1.82, 2.24) is 0 Å². The topological polar surface area (TPSA) is 44.5 Å². The lowest BCUT2D eigenvalue weighted by Crippen LogP contribution is -2.25. The summed E-state index contributed by atoms with van der Waals surface area (Å²) in [5.74, 6) is -0.254. The molecule has 2 N–H and O–H groups in total. The molecule has 0 aliphatic rings. The van der Waals surface area contributed by atoms with Crippen molar-refractivity contribution in [1.29, 1.82) is 0 Å². The zero-order chi connectivity index (χ0) is 13.4. The van der Waals surface area contributed by atoms with Gasteiger partial charge in [0.05, 0.1) is 17.7 Å². The van der Waals surface area contributed by atoms with Gasteiger partial charge in [0, 0.05) is 19.8 Å². The number of hydrogen-bond acceptors (Lipinski definition) is 3. The Labute approximate surface area is 116 Å². The highest BCUT2D eigenvalue weighted by molar-refractivity contribution is 9.10. The van der Waals surface area contributed by atoms with E-state index >= 15 is 0 Å². The lowest BCUT2D eigenvalue weighted by Gasteiger charge is -2.12. The van der Waals surface area contributed by atoms with E-state index in [-0.39, 0.29) is 11.9 Å². The molecular formula is C13H19BrFNO2. The molecule has 1 aromatic carbocycles. The molecule has 0 aromatic heterocycles. The first-order chi connectivity index (χ1) is 8.63. The van der Waals surface area contributed by atoms with Crippen LogP contribution in [0.1, 0.15) is 12.0 Å². The quantitative estimate of drug-likeness (QED) is 0.749. The van der Waals surface area contributed by atoms with Gasteiger partial charge >= 0.3 is 0 Å². The molecule has 0 spiro atoms. The second kappa shape index (κ2) is 8.58. The normalized spacial score (nSPS) is 12.7. The summed E-state index contributed by atoms with van der Waals surface area (Å²) in [6, 6.07) is 4.98. The molecule has 3 nitrogen and oxygen atoms in total. The number of ether oxygens (including phenoxy) is 2. The number of nitrogens with two attached hydrogens (primary N) is 1. The standard InChI is InChI=1S/C13H19BrFNO2/c1-17-6-7-18-5-4-11(16)8-10-2-3-13(15)12(14)9-10/h2-3,9,11H,4-8,16H2,1H3. The van der Waals surface area contributed by atoms with E-state index in [0.717, 1.165) is 12.0 Å². The van der Waals surface area contributed by atoms with Crippen molar-refractivity contribution in [3.05, 3.63) is 34.1 Å². The number of rotatable bonds is 8. The minimum atomic E-state index is -0.254. The zero-order valence-corrected chi connectivity index (χ0v) is 12.1. The van der Waals surface area contributed by atoms with Crippen LogP contribution in [0.3, 0.4) is 0 Å². The summed E-state index contributed by atoms with van der Waals surface area (Å²) in [7, 11) is 1.64. The maximum absolute atomic E-state index is 13.0. The van der Waals surface area contributed by atoms with Crippen molar-refractivity contribution >= 4 is 15.9 Å². The summed E-state index contributed by atoms with van der Waals surface area (Å²) in [6.45, 7) is 1.80. The Hall–Kier alpha value is -0.490. The molecule has 0 aliphatic heterocycles. The highest BCUT2D eigenvalue weighted by Gasteiger charge is 2.06. The summed E-state index contributed by atoms with van der Waals surface area (Å²) in [6.07, 6.45) is 1.49. The van der Waals surface area contributed by atoms with E-state index in [4.69, 9.17) is 15.2 Å². The Kier molecular flexibility index (Phi) is 7.42. The summed E-state index contributed by atoms with van der Waals surface area (Å²) < 4.78 is 23.7. The van der Waals surface area contributed by atoms with Crippen LogP contribution in [0.4, 0.5) is 4.39 Å². The fourth-order valence-electron chi connectivity index (χ4n) is 1.55. The molecule has 0 saturated heterocycles. The van der Waals surface area contributed by atoms with Crippen molar-refractivity contribution in [2.45, 2.75) is 18.9 Å². The van der Waals surface area contributed by atoms with Gasteiger partial charge in [-0.1, -0.05) is 6.07 Å². The van der Waals surface area contributed by atoms with Crippen molar-refractivity contribution in [2.75, 3.05) is 26.9 Å². The van der Waals surface area contributed by atoms with E-state index in [2.05, 4.69) is 15.9 Å². The van der Waals surface area contributed by atoms with Gasteiger partial charge in [-0.05, 0) is 46.5 Å². The second-order valence-electron chi connectivity index (χ2n) is 4.11. The molecule has 0 amide bonds. The van der Waals surface area contributed by atoms with Gasteiger partial charge in [0.15, 0.2) is 0 Å². The first-order valence-corrected chi connectivity index (χ1v) is 6.69. The highest BCUT2D eigenvalue weighted by Crippen LogP contribution is 2.17. The van der Waals surface area contributed by atoms with Crippen molar-refractivity contribution in [2.24, 2.45) is 5.73 Å². The summed E-state index contributed by atoms with van der Waals surface area (Å²) in [5.41, 5.74) is 7.01. The molecule has 102 valence electrons. The Bertz CT molecular complexity index is 363. The molecule has 0 heterocycles. The Balaban J connectivity index is 2.26. The van der Waals surface area contributed by atoms with Crippen LogP contribution in [0.5, 0.6) is 0 Å². The maximum atomic E-state index is 13.0. The largest absolute Gasteiger partial charge is 0.382 e. The molecule has 1 unspecified atom stereocenters. The van der Waals surface area contributed by atoms with E-state index in [1.165, 1.54) is 6.07 Å². The first-order valence-electron chi connectivity index (χ1n) is 5.89. The van der Waals surface area contributed by atoms with Gasteiger partial charge < -0.3 is 15.2 Å². The SMILES string of the molecule is COCCOCCC(N)Cc1ccc(F)c(Br)c1. The first kappa shape index (κ1) is 15.6. The molecule has 1 rings (SSSR count). The van der Waals surface area contributed by atoms with Crippen LogP contribution in [0.2, 0.25) is 0 Å². The molecule has 1 atom stereocenters. The van der Waals surface area contributed by atoms with Crippen LogP contribution in [-0.4, -0.2) is 33.0 Å². The molecule has 18 heavy (non-hydrogen) atoms. The molecular weight excluding hydrogens is 301 g/mol. The van der Waals surface area contributed by atoms with Crippen LogP contribution in [-0.2, 0) is 15.9 Å². The summed E-state index contributed by atoms with van der Waals surface area (Å²) >= 11 is 3.16. The smallest absolute Gasteiger partial charge is 0.137 e. The molecule has 0 aliphatic carbocycles. The fraction of sp³-hybridized carbons (Fsp3) is 0.538. The lowest BCUT2D eigenvalue weighted by molar-refractivity contribution is 0.0672. The Morgan fingerprint density at radius 1 is 1.33 bits per heavy atom. The van der Waals surface area contributed by atoms with Crippen LogP contribution in [0, 0.1) is 5.82 Å². The third-order valence-electron chi connectivity index (χ3n) is 2.55. The molecule has 0 bridgehead atoms. The van der Waals surface area contributed by atoms with Gasteiger partial charge in [-0.2, -0.15) is 0 Å². The summed E-state index contributed by atoms with van der Waals surface area (Å²) in [5, 5.41) is 0. The van der Waals surface area contributed by atoms with Crippen LogP contribution in [0.15, 0.2) is 22.7 Å². The predicted molar refractivity (Wildman–Crippen MR) is 73.1 cm³/mol. The van der Waals surface area contributed by atoms with Gasteiger partial charge in [-0.25, -0.2) is 4.39 Å². The number of hydrogen-bond donors (Lipinski definition) is 1. The third kappa shape index (κ3) is 5.91. The average molecular weight is 320 g/mol. The van der Waals surface area contributed by atoms with Gasteiger partial charge in [0.2, 0.25) is 0 Å². The summed E-state index contributed by atoms with van der Waals surface area (Å²) in [4.78, 5) is 0. The van der Waals surface area contributed by atoms with E-state index in [1.54, 1.807) is 19.2 Å². The number of benzene rings is 1. The van der Waals surface area contributed by atoms with Gasteiger partial charge in [-0.3, -0.25) is 0 Å². The van der Waals surface area contributed by atoms with Crippen LogP contribution >= 0.6 is 15.9 Å². The Morgan fingerprint density at radius 3 is 2.78 bits per heavy atom. The number of halogens is 2. The van der Waals surface area contributed by atoms with E-state index < -0.39 is 0 Å². The monoisotopic (exact) mass is 319 g/mol. The number of methoxy groups -OCH3 is 1. The van der Waals surface area contributed by atoms with Crippen molar-refractivity contribution in [3.63, 3.8) is 0 Å². The Morgan fingerprint density at radius 2 is 2.11 bits per heavy atom. The minimum Gasteiger partial charge on any atom is -0.382 e. The highest BCUT2D eigenvalue weighted by atomic mass is 79.9. The molecule has 1 aromatic rings. The third-order valence-corrected chi connectivity index (χ3v) is 3.15.